The number of imide groups is 1. The summed E-state index contributed by atoms with van der Waals surface area (Å²) in [6, 6.07) is 10.9. The van der Waals surface area contributed by atoms with E-state index in [0.717, 1.165) is 4.90 Å². The summed E-state index contributed by atoms with van der Waals surface area (Å²) in [5, 5.41) is 5.92. The molecule has 158 valence electrons. The molecule has 2 aromatic carbocycles. The highest BCUT2D eigenvalue weighted by molar-refractivity contribution is 6.30. The van der Waals surface area contributed by atoms with Crippen LogP contribution in [0.15, 0.2) is 42.5 Å². The van der Waals surface area contributed by atoms with Gasteiger partial charge in [-0.2, -0.15) is 0 Å². The molecule has 1 aliphatic heterocycles. The molecule has 0 aliphatic carbocycles. The smallest absolute Gasteiger partial charge is 0.325 e. The third-order valence-corrected chi connectivity index (χ3v) is 5.26. The molecule has 0 bridgehead atoms. The van der Waals surface area contributed by atoms with Crippen LogP contribution in [0.3, 0.4) is 0 Å². The van der Waals surface area contributed by atoms with Crippen LogP contribution in [0.2, 0.25) is 5.02 Å². The molecule has 1 fully saturated rings. The molecule has 0 radical (unpaired) electrons. The fourth-order valence-corrected chi connectivity index (χ4v) is 3.53. The summed E-state index contributed by atoms with van der Waals surface area (Å²) in [6.07, 6.45) is 0.326. The molecule has 30 heavy (non-hydrogen) atoms. The number of benzene rings is 2. The Morgan fingerprint density at radius 1 is 1.10 bits per heavy atom. The van der Waals surface area contributed by atoms with Crippen molar-refractivity contribution in [2.75, 3.05) is 26.1 Å². The van der Waals surface area contributed by atoms with Crippen molar-refractivity contribution in [3.63, 3.8) is 0 Å². The molecule has 8 nitrogen and oxygen atoms in total. The lowest BCUT2D eigenvalue weighted by Crippen LogP contribution is -2.44. The number of halogens is 1. The minimum Gasteiger partial charge on any atom is -0.493 e. The van der Waals surface area contributed by atoms with E-state index in [1.54, 1.807) is 49.4 Å². The van der Waals surface area contributed by atoms with Crippen LogP contribution in [0.5, 0.6) is 11.5 Å². The van der Waals surface area contributed by atoms with Crippen molar-refractivity contribution in [2.24, 2.45) is 0 Å². The van der Waals surface area contributed by atoms with Crippen LogP contribution in [0.25, 0.3) is 0 Å². The number of rotatable bonds is 7. The Morgan fingerprint density at radius 2 is 1.77 bits per heavy atom. The van der Waals surface area contributed by atoms with Gasteiger partial charge in [0.15, 0.2) is 11.5 Å². The zero-order chi connectivity index (χ0) is 21.9. The highest BCUT2D eigenvalue weighted by Crippen LogP contribution is 2.33. The first kappa shape index (κ1) is 21.4. The van der Waals surface area contributed by atoms with Gasteiger partial charge in [0.1, 0.15) is 12.1 Å². The Labute approximate surface area is 179 Å². The van der Waals surface area contributed by atoms with Crippen molar-refractivity contribution in [2.45, 2.75) is 18.9 Å². The molecule has 3 rings (SSSR count). The Bertz CT molecular complexity index is 979. The molecule has 1 saturated heterocycles. The summed E-state index contributed by atoms with van der Waals surface area (Å²) in [6.45, 7) is 1.37. The first-order valence-electron chi connectivity index (χ1n) is 9.26. The predicted octanol–water partition coefficient (Wildman–Crippen LogP) is 3.15. The normalized spacial score (nSPS) is 18.2. The number of hydrogen-bond acceptors (Lipinski definition) is 5. The first-order chi connectivity index (χ1) is 14.3. The summed E-state index contributed by atoms with van der Waals surface area (Å²) in [5.41, 5.74) is -0.176. The molecule has 2 N–H and O–H groups in total. The molecule has 2 aromatic rings. The molecule has 1 atom stereocenters. The maximum absolute atomic E-state index is 13.1. The molecule has 1 aliphatic rings. The van der Waals surface area contributed by atoms with Gasteiger partial charge in [-0.25, -0.2) is 4.79 Å². The Kier molecular flexibility index (Phi) is 6.17. The molecular formula is C21H22ClN3O5. The molecule has 9 heteroatoms. The second kappa shape index (κ2) is 8.62. The topological polar surface area (TPSA) is 97.0 Å². The SMILES string of the molecule is CC[C@@]1(c2ccc(Cl)cc2)NC(=O)N(CC(=O)Nc2ccc(OC)c(OC)c2)C1=O. The summed E-state index contributed by atoms with van der Waals surface area (Å²) in [4.78, 5) is 39.1. The van der Waals surface area contributed by atoms with Crippen LogP contribution < -0.4 is 20.1 Å². The third-order valence-electron chi connectivity index (χ3n) is 5.01. The summed E-state index contributed by atoms with van der Waals surface area (Å²) >= 11 is 5.93. The quantitative estimate of drug-likeness (QED) is 0.656. The van der Waals surface area contributed by atoms with Gasteiger partial charge in [0, 0.05) is 16.8 Å². The number of ether oxygens (including phenoxy) is 2. The molecule has 4 amide bonds. The van der Waals surface area contributed by atoms with Crippen LogP contribution in [0.4, 0.5) is 10.5 Å². The lowest BCUT2D eigenvalue weighted by Gasteiger charge is -2.25. The maximum Gasteiger partial charge on any atom is 0.325 e. The number of carbonyl (C=O) groups is 3. The van der Waals surface area contributed by atoms with Gasteiger partial charge in [0.05, 0.1) is 14.2 Å². The van der Waals surface area contributed by atoms with Crippen molar-refractivity contribution in [3.8, 4) is 11.5 Å². The molecule has 0 spiro atoms. The van der Waals surface area contributed by atoms with Gasteiger partial charge in [-0.15, -0.1) is 0 Å². The Balaban J connectivity index is 1.76. The van der Waals surface area contributed by atoms with E-state index < -0.39 is 29.9 Å². The fraction of sp³-hybridized carbons (Fsp3) is 0.286. The number of carbonyl (C=O) groups excluding carboxylic acids is 3. The summed E-state index contributed by atoms with van der Waals surface area (Å²) < 4.78 is 10.4. The van der Waals surface area contributed by atoms with Crippen molar-refractivity contribution in [3.05, 3.63) is 53.1 Å². The van der Waals surface area contributed by atoms with E-state index >= 15 is 0 Å². The molecule has 1 heterocycles. The number of urea groups is 1. The number of hydrogen-bond donors (Lipinski definition) is 2. The minimum absolute atomic E-state index is 0.326. The van der Waals surface area contributed by atoms with E-state index in [-0.39, 0.29) is 0 Å². The van der Waals surface area contributed by atoms with Crippen LogP contribution in [-0.2, 0) is 15.1 Å². The van der Waals surface area contributed by atoms with Gasteiger partial charge in [-0.3, -0.25) is 14.5 Å². The highest BCUT2D eigenvalue weighted by atomic mass is 35.5. The molecule has 0 aromatic heterocycles. The van der Waals surface area contributed by atoms with Gasteiger partial charge < -0.3 is 20.1 Å². The second-order valence-corrected chi connectivity index (χ2v) is 7.14. The minimum atomic E-state index is -1.23. The van der Waals surface area contributed by atoms with Crippen LogP contribution in [0, 0.1) is 0 Å². The fourth-order valence-electron chi connectivity index (χ4n) is 3.40. The third kappa shape index (κ3) is 3.91. The zero-order valence-corrected chi connectivity index (χ0v) is 17.6. The van der Waals surface area contributed by atoms with E-state index in [0.29, 0.717) is 34.2 Å². The summed E-state index contributed by atoms with van der Waals surface area (Å²) in [7, 11) is 2.99. The molecule has 0 saturated carbocycles. The monoisotopic (exact) mass is 431 g/mol. The number of methoxy groups -OCH3 is 2. The van der Waals surface area contributed by atoms with E-state index in [1.807, 2.05) is 0 Å². The zero-order valence-electron chi connectivity index (χ0n) is 16.8. The van der Waals surface area contributed by atoms with Gasteiger partial charge >= 0.3 is 6.03 Å². The number of anilines is 1. The van der Waals surface area contributed by atoms with Crippen LogP contribution in [0.1, 0.15) is 18.9 Å². The average molecular weight is 432 g/mol. The average Bonchev–Trinajstić information content (AvgIpc) is 2.99. The second-order valence-electron chi connectivity index (χ2n) is 6.71. The summed E-state index contributed by atoms with van der Waals surface area (Å²) in [5.74, 6) is -0.0492. The van der Waals surface area contributed by atoms with Gasteiger partial charge in [-0.05, 0) is 36.2 Å². The van der Waals surface area contributed by atoms with Crippen molar-refractivity contribution < 1.29 is 23.9 Å². The van der Waals surface area contributed by atoms with Crippen molar-refractivity contribution >= 4 is 35.1 Å². The van der Waals surface area contributed by atoms with E-state index in [9.17, 15) is 14.4 Å². The van der Waals surface area contributed by atoms with Crippen LogP contribution in [-0.4, -0.2) is 43.5 Å². The number of nitrogens with one attached hydrogen (secondary N) is 2. The van der Waals surface area contributed by atoms with Gasteiger partial charge in [-0.1, -0.05) is 30.7 Å². The molecular weight excluding hydrogens is 410 g/mol. The number of nitrogens with zero attached hydrogens (tertiary/aromatic N) is 1. The Hall–Kier alpha value is -3.26. The van der Waals surface area contributed by atoms with Gasteiger partial charge in [0.25, 0.3) is 5.91 Å². The standard InChI is InChI=1S/C21H22ClN3O5/c1-4-21(13-5-7-14(22)8-6-13)19(27)25(20(28)24-21)12-18(26)23-15-9-10-16(29-2)17(11-15)30-3/h5-11H,4,12H2,1-3H3,(H,23,26)(H,24,28)/t21-/m0/s1. The number of amides is 4. The van der Waals surface area contributed by atoms with Gasteiger partial charge in [0.2, 0.25) is 5.91 Å². The first-order valence-corrected chi connectivity index (χ1v) is 9.64. The molecule has 0 unspecified atom stereocenters. The van der Waals surface area contributed by atoms with Crippen molar-refractivity contribution in [1.82, 2.24) is 10.2 Å². The highest BCUT2D eigenvalue weighted by Gasteiger charge is 2.51. The van der Waals surface area contributed by atoms with E-state index in [2.05, 4.69) is 10.6 Å². The maximum atomic E-state index is 13.1. The van der Waals surface area contributed by atoms with E-state index in [1.165, 1.54) is 14.2 Å². The van der Waals surface area contributed by atoms with Crippen LogP contribution >= 0.6 is 11.6 Å². The lowest BCUT2D eigenvalue weighted by molar-refractivity contribution is -0.134. The predicted molar refractivity (Wildman–Crippen MR) is 112 cm³/mol. The van der Waals surface area contributed by atoms with Crippen molar-refractivity contribution in [1.29, 1.82) is 0 Å². The Morgan fingerprint density at radius 3 is 2.37 bits per heavy atom. The lowest BCUT2D eigenvalue weighted by atomic mass is 9.87. The van der Waals surface area contributed by atoms with E-state index in [4.69, 9.17) is 21.1 Å². The largest absolute Gasteiger partial charge is 0.493 e.